The van der Waals surface area contributed by atoms with Gasteiger partial charge in [0.25, 0.3) is 0 Å². The SMILES string of the molecule is CCc1noc(NC(C)C(C)C)n1. The van der Waals surface area contributed by atoms with Gasteiger partial charge in [-0.25, -0.2) is 0 Å². The van der Waals surface area contributed by atoms with Gasteiger partial charge in [0, 0.05) is 12.5 Å². The highest BCUT2D eigenvalue weighted by molar-refractivity contribution is 5.20. The molecule has 0 aliphatic rings. The van der Waals surface area contributed by atoms with Crippen molar-refractivity contribution >= 4 is 6.01 Å². The molecule has 4 heteroatoms. The van der Waals surface area contributed by atoms with E-state index in [-0.39, 0.29) is 0 Å². The van der Waals surface area contributed by atoms with Gasteiger partial charge in [0.2, 0.25) is 0 Å². The summed E-state index contributed by atoms with van der Waals surface area (Å²) in [5.74, 6) is 1.30. The van der Waals surface area contributed by atoms with Crippen LogP contribution in [0, 0.1) is 5.92 Å². The van der Waals surface area contributed by atoms with E-state index in [0.717, 1.165) is 12.2 Å². The number of aryl methyl sites for hydroxylation is 1. The summed E-state index contributed by atoms with van der Waals surface area (Å²) >= 11 is 0. The Morgan fingerprint density at radius 2 is 2.08 bits per heavy atom. The zero-order valence-corrected chi connectivity index (χ0v) is 8.66. The molecule has 1 unspecified atom stereocenters. The van der Waals surface area contributed by atoms with Crippen molar-refractivity contribution in [2.24, 2.45) is 5.92 Å². The molecule has 1 heterocycles. The zero-order valence-electron chi connectivity index (χ0n) is 8.66. The van der Waals surface area contributed by atoms with Crippen molar-refractivity contribution < 1.29 is 4.52 Å². The van der Waals surface area contributed by atoms with E-state index in [1.807, 2.05) is 6.92 Å². The van der Waals surface area contributed by atoms with Crippen LogP contribution in [0.25, 0.3) is 0 Å². The lowest BCUT2D eigenvalue weighted by atomic mass is 10.1. The fourth-order valence-corrected chi connectivity index (χ4v) is 0.818. The molecule has 0 saturated heterocycles. The van der Waals surface area contributed by atoms with Crippen molar-refractivity contribution in [2.45, 2.75) is 40.2 Å². The van der Waals surface area contributed by atoms with Gasteiger partial charge in [0.1, 0.15) is 0 Å². The Morgan fingerprint density at radius 1 is 1.38 bits per heavy atom. The molecule has 0 bridgehead atoms. The molecule has 1 N–H and O–H groups in total. The Hall–Kier alpha value is -1.06. The van der Waals surface area contributed by atoms with Crippen molar-refractivity contribution in [3.05, 3.63) is 5.82 Å². The second-order valence-corrected chi connectivity index (χ2v) is 3.55. The van der Waals surface area contributed by atoms with Crippen LogP contribution in [0.5, 0.6) is 0 Å². The quantitative estimate of drug-likeness (QED) is 0.776. The Morgan fingerprint density at radius 3 is 2.54 bits per heavy atom. The maximum atomic E-state index is 5.00. The molecular weight excluding hydrogens is 166 g/mol. The topological polar surface area (TPSA) is 51.0 Å². The lowest BCUT2D eigenvalue weighted by Gasteiger charge is -2.14. The van der Waals surface area contributed by atoms with Gasteiger partial charge in [-0.3, -0.25) is 0 Å². The van der Waals surface area contributed by atoms with Gasteiger partial charge in [-0.15, -0.1) is 0 Å². The van der Waals surface area contributed by atoms with Crippen molar-refractivity contribution in [1.82, 2.24) is 10.1 Å². The van der Waals surface area contributed by atoms with Gasteiger partial charge in [-0.1, -0.05) is 25.9 Å². The summed E-state index contributed by atoms with van der Waals surface area (Å²) in [6.07, 6.45) is 0.807. The molecule has 0 aliphatic carbocycles. The average Bonchev–Trinajstić information content (AvgIpc) is 2.52. The number of hydrogen-bond acceptors (Lipinski definition) is 4. The summed E-state index contributed by atoms with van der Waals surface area (Å²) in [7, 11) is 0. The highest BCUT2D eigenvalue weighted by Gasteiger charge is 2.10. The van der Waals surface area contributed by atoms with Gasteiger partial charge < -0.3 is 9.84 Å². The zero-order chi connectivity index (χ0) is 9.84. The van der Waals surface area contributed by atoms with Crippen LogP contribution in [0.4, 0.5) is 6.01 Å². The van der Waals surface area contributed by atoms with E-state index in [1.165, 1.54) is 0 Å². The van der Waals surface area contributed by atoms with Gasteiger partial charge in [-0.05, 0) is 12.8 Å². The Bertz CT molecular complexity index is 257. The molecular formula is C9H17N3O. The highest BCUT2D eigenvalue weighted by Crippen LogP contribution is 2.09. The molecule has 0 spiro atoms. The fraction of sp³-hybridized carbons (Fsp3) is 0.778. The molecule has 0 radical (unpaired) electrons. The fourth-order valence-electron chi connectivity index (χ4n) is 0.818. The Labute approximate surface area is 78.7 Å². The Balaban J connectivity index is 2.53. The summed E-state index contributed by atoms with van der Waals surface area (Å²) < 4.78 is 5.00. The largest absolute Gasteiger partial charge is 0.335 e. The lowest BCUT2D eigenvalue weighted by Crippen LogP contribution is -2.21. The third-order valence-corrected chi connectivity index (χ3v) is 2.14. The second kappa shape index (κ2) is 4.25. The van der Waals surface area contributed by atoms with E-state index in [4.69, 9.17) is 4.52 Å². The van der Waals surface area contributed by atoms with E-state index in [1.54, 1.807) is 0 Å². The van der Waals surface area contributed by atoms with E-state index in [0.29, 0.717) is 18.0 Å². The number of hydrogen-bond donors (Lipinski definition) is 1. The maximum absolute atomic E-state index is 5.00. The first-order valence-corrected chi connectivity index (χ1v) is 4.72. The number of nitrogens with one attached hydrogen (secondary N) is 1. The van der Waals surface area contributed by atoms with Crippen LogP contribution in [0.2, 0.25) is 0 Å². The van der Waals surface area contributed by atoms with Gasteiger partial charge in [0.15, 0.2) is 5.82 Å². The third-order valence-electron chi connectivity index (χ3n) is 2.14. The number of rotatable bonds is 4. The molecule has 1 aromatic heterocycles. The third kappa shape index (κ3) is 2.72. The molecule has 0 saturated carbocycles. The van der Waals surface area contributed by atoms with E-state index >= 15 is 0 Å². The van der Waals surface area contributed by atoms with Crippen LogP contribution in [-0.4, -0.2) is 16.2 Å². The van der Waals surface area contributed by atoms with Crippen molar-refractivity contribution in [3.8, 4) is 0 Å². The molecule has 0 amide bonds. The molecule has 4 nitrogen and oxygen atoms in total. The first-order valence-electron chi connectivity index (χ1n) is 4.72. The van der Waals surface area contributed by atoms with Crippen LogP contribution < -0.4 is 5.32 Å². The summed E-state index contributed by atoms with van der Waals surface area (Å²) in [6.45, 7) is 8.39. The molecule has 0 fully saturated rings. The lowest BCUT2D eigenvalue weighted by molar-refractivity contribution is 0.413. The second-order valence-electron chi connectivity index (χ2n) is 3.55. The summed E-state index contributed by atoms with van der Waals surface area (Å²) in [5.41, 5.74) is 0. The van der Waals surface area contributed by atoms with Crippen molar-refractivity contribution in [2.75, 3.05) is 5.32 Å². The van der Waals surface area contributed by atoms with Crippen LogP contribution in [0.3, 0.4) is 0 Å². The average molecular weight is 183 g/mol. The van der Waals surface area contributed by atoms with Crippen LogP contribution in [0.15, 0.2) is 4.52 Å². The number of nitrogens with zero attached hydrogens (tertiary/aromatic N) is 2. The van der Waals surface area contributed by atoms with Gasteiger partial charge in [-0.2, -0.15) is 4.98 Å². The smallest absolute Gasteiger partial charge is 0.321 e. The first-order chi connectivity index (χ1) is 6.13. The van der Waals surface area contributed by atoms with Gasteiger partial charge >= 0.3 is 6.01 Å². The maximum Gasteiger partial charge on any atom is 0.321 e. The normalized spacial score (nSPS) is 13.3. The Kier molecular flexibility index (Phi) is 3.28. The van der Waals surface area contributed by atoms with E-state index in [2.05, 4.69) is 36.2 Å². The van der Waals surface area contributed by atoms with E-state index < -0.39 is 0 Å². The standard InChI is InChI=1S/C9H17N3O/c1-5-8-11-9(13-12-8)10-7(4)6(2)3/h6-7H,5H2,1-4H3,(H,10,11,12). The van der Waals surface area contributed by atoms with Crippen LogP contribution in [-0.2, 0) is 6.42 Å². The molecule has 1 rings (SSSR count). The van der Waals surface area contributed by atoms with Crippen LogP contribution >= 0.6 is 0 Å². The van der Waals surface area contributed by atoms with Crippen molar-refractivity contribution in [1.29, 1.82) is 0 Å². The molecule has 0 aromatic carbocycles. The number of aromatic nitrogens is 2. The minimum absolute atomic E-state index is 0.352. The molecule has 13 heavy (non-hydrogen) atoms. The first kappa shape index (κ1) is 10.0. The van der Waals surface area contributed by atoms with Crippen LogP contribution in [0.1, 0.15) is 33.5 Å². The molecule has 0 aliphatic heterocycles. The predicted octanol–water partition coefficient (Wildman–Crippen LogP) is 2.09. The van der Waals surface area contributed by atoms with E-state index in [9.17, 15) is 0 Å². The summed E-state index contributed by atoms with van der Waals surface area (Å²) in [6, 6.07) is 0.878. The minimum atomic E-state index is 0.352. The monoisotopic (exact) mass is 183 g/mol. The highest BCUT2D eigenvalue weighted by atomic mass is 16.5. The number of anilines is 1. The predicted molar refractivity (Wildman–Crippen MR) is 51.6 cm³/mol. The van der Waals surface area contributed by atoms with Crippen molar-refractivity contribution in [3.63, 3.8) is 0 Å². The molecule has 74 valence electrons. The minimum Gasteiger partial charge on any atom is -0.335 e. The molecule has 1 aromatic rings. The van der Waals surface area contributed by atoms with Gasteiger partial charge in [0.05, 0.1) is 0 Å². The summed E-state index contributed by atoms with van der Waals surface area (Å²) in [4.78, 5) is 4.16. The molecule has 1 atom stereocenters. The summed E-state index contributed by atoms with van der Waals surface area (Å²) in [5, 5.41) is 6.95.